The molecule has 0 unspecified atom stereocenters. The van der Waals surface area contributed by atoms with Gasteiger partial charge in [0, 0.05) is 23.4 Å². The van der Waals surface area contributed by atoms with Crippen LogP contribution in [0.15, 0.2) is 28.7 Å². The number of piperidine rings is 1. The second kappa shape index (κ2) is 7.32. The lowest BCUT2D eigenvalue weighted by atomic mass is 9.95. The number of rotatable bonds is 4. The molecule has 6 nitrogen and oxygen atoms in total. The molecule has 1 aliphatic carbocycles. The summed E-state index contributed by atoms with van der Waals surface area (Å²) in [5.74, 6) is 1.70. The summed E-state index contributed by atoms with van der Waals surface area (Å²) in [4.78, 5) is 2.68. The normalized spacial score (nSPS) is 20.0. The summed E-state index contributed by atoms with van der Waals surface area (Å²) in [6, 6.07) is 9.35. The van der Waals surface area contributed by atoms with Crippen LogP contribution < -0.4 is 0 Å². The number of fused-ring (bicyclic) bond motifs is 1. The highest BCUT2D eigenvalue weighted by Crippen LogP contribution is 2.34. The van der Waals surface area contributed by atoms with Crippen LogP contribution in [0.1, 0.15) is 70.2 Å². The first kappa shape index (κ1) is 17.9. The average molecular weight is 380 g/mol. The third kappa shape index (κ3) is 3.13. The molecule has 28 heavy (non-hydrogen) atoms. The summed E-state index contributed by atoms with van der Waals surface area (Å²) >= 11 is 0. The van der Waals surface area contributed by atoms with Crippen molar-refractivity contribution in [3.8, 4) is 11.6 Å². The van der Waals surface area contributed by atoms with E-state index < -0.39 is 0 Å². The van der Waals surface area contributed by atoms with Gasteiger partial charge in [-0.3, -0.25) is 4.68 Å². The maximum atomic E-state index is 6.15. The number of benzene rings is 1. The van der Waals surface area contributed by atoms with Crippen molar-refractivity contribution in [3.63, 3.8) is 0 Å². The maximum absolute atomic E-state index is 6.15. The van der Waals surface area contributed by atoms with Crippen LogP contribution in [0.2, 0.25) is 0 Å². The Labute approximate surface area is 165 Å². The minimum absolute atomic E-state index is 0.279. The molecule has 2 fully saturated rings. The molecule has 0 spiro atoms. The fraction of sp³-hybridized carbons (Fsp3) is 0.591. The molecule has 0 radical (unpaired) electrons. The Morgan fingerprint density at radius 1 is 1.00 bits per heavy atom. The number of hydrogen-bond donors (Lipinski definition) is 0. The summed E-state index contributed by atoms with van der Waals surface area (Å²) in [6.07, 6.45) is 7.77. The van der Waals surface area contributed by atoms with Crippen molar-refractivity contribution < 1.29 is 4.42 Å². The number of nitrogens with zero attached hydrogens (tertiary/aromatic N) is 5. The van der Waals surface area contributed by atoms with Crippen molar-refractivity contribution in [2.24, 2.45) is 0 Å². The second-order valence-electron chi connectivity index (χ2n) is 8.60. The van der Waals surface area contributed by atoms with Gasteiger partial charge in [-0.1, -0.05) is 31.0 Å². The van der Waals surface area contributed by atoms with E-state index in [-0.39, 0.29) is 6.04 Å². The van der Waals surface area contributed by atoms with Gasteiger partial charge in [0.25, 0.3) is 5.89 Å². The molecule has 1 aliphatic heterocycles. The van der Waals surface area contributed by atoms with E-state index in [1.54, 1.807) is 0 Å². The summed E-state index contributed by atoms with van der Waals surface area (Å²) in [5.41, 5.74) is 1.91. The molecule has 0 N–H and O–H groups in total. The van der Waals surface area contributed by atoms with Crippen molar-refractivity contribution in [2.45, 2.75) is 70.4 Å². The van der Waals surface area contributed by atoms with E-state index in [2.05, 4.69) is 41.1 Å². The third-order valence-corrected chi connectivity index (χ3v) is 6.47. The first-order valence-corrected chi connectivity index (χ1v) is 10.8. The van der Waals surface area contributed by atoms with Crippen LogP contribution in [-0.4, -0.2) is 44.0 Å². The van der Waals surface area contributed by atoms with Gasteiger partial charge in [-0.15, -0.1) is 10.2 Å². The van der Waals surface area contributed by atoms with E-state index in [4.69, 9.17) is 9.52 Å². The van der Waals surface area contributed by atoms with Gasteiger partial charge in [-0.25, -0.2) is 0 Å². The predicted molar refractivity (Wildman–Crippen MR) is 109 cm³/mol. The number of para-hydroxylation sites is 1. The lowest BCUT2D eigenvalue weighted by Gasteiger charge is -2.34. The Bertz CT molecular complexity index is 945. The van der Waals surface area contributed by atoms with Crippen LogP contribution in [0.3, 0.4) is 0 Å². The molecule has 2 aromatic heterocycles. The largest absolute Gasteiger partial charge is 0.419 e. The first-order valence-electron chi connectivity index (χ1n) is 10.8. The van der Waals surface area contributed by atoms with Crippen molar-refractivity contribution in [3.05, 3.63) is 30.2 Å². The smallest absolute Gasteiger partial charge is 0.268 e. The molecule has 1 saturated carbocycles. The van der Waals surface area contributed by atoms with E-state index >= 15 is 0 Å². The van der Waals surface area contributed by atoms with Gasteiger partial charge in [0.05, 0.1) is 5.52 Å². The standard InChI is InChI=1S/C22H29N5O/c1-15(2)27-19-10-6-5-9-18(19)20(25-27)22-24-23-21(28-22)16-11-13-26(14-12-16)17-7-3-4-8-17/h5-6,9-10,15-17H,3-4,7-8,11-14H2,1-2H3. The van der Waals surface area contributed by atoms with Crippen LogP contribution in [-0.2, 0) is 0 Å². The molecule has 148 valence electrons. The molecule has 6 heteroatoms. The van der Waals surface area contributed by atoms with Crippen molar-refractivity contribution >= 4 is 10.9 Å². The van der Waals surface area contributed by atoms with Gasteiger partial charge < -0.3 is 9.32 Å². The molecular formula is C22H29N5O. The van der Waals surface area contributed by atoms with Crippen molar-refractivity contribution in [2.75, 3.05) is 13.1 Å². The molecule has 0 amide bonds. The number of likely N-dealkylation sites (tertiary alicyclic amines) is 1. The van der Waals surface area contributed by atoms with E-state index in [9.17, 15) is 0 Å². The lowest BCUT2D eigenvalue weighted by Crippen LogP contribution is -2.39. The third-order valence-electron chi connectivity index (χ3n) is 6.47. The quantitative estimate of drug-likeness (QED) is 0.652. The van der Waals surface area contributed by atoms with E-state index in [1.807, 2.05) is 16.8 Å². The lowest BCUT2D eigenvalue weighted by molar-refractivity contribution is 0.147. The summed E-state index contributed by atoms with van der Waals surface area (Å²) < 4.78 is 8.19. The van der Waals surface area contributed by atoms with E-state index in [0.717, 1.165) is 54.5 Å². The Morgan fingerprint density at radius 2 is 1.75 bits per heavy atom. The van der Waals surface area contributed by atoms with Crippen molar-refractivity contribution in [1.29, 1.82) is 0 Å². The fourth-order valence-electron chi connectivity index (χ4n) is 4.92. The number of hydrogen-bond acceptors (Lipinski definition) is 5. The first-order chi connectivity index (χ1) is 13.7. The Morgan fingerprint density at radius 3 is 2.50 bits per heavy atom. The minimum atomic E-state index is 0.279. The van der Waals surface area contributed by atoms with Crippen LogP contribution in [0.4, 0.5) is 0 Å². The highest BCUT2D eigenvalue weighted by Gasteiger charge is 2.30. The Balaban J connectivity index is 1.36. The van der Waals surface area contributed by atoms with Gasteiger partial charge in [0.2, 0.25) is 5.89 Å². The van der Waals surface area contributed by atoms with Crippen LogP contribution in [0, 0.1) is 0 Å². The second-order valence-corrected chi connectivity index (χ2v) is 8.60. The molecule has 3 heterocycles. The van der Waals surface area contributed by atoms with Gasteiger partial charge in [-0.05, 0) is 58.7 Å². The Kier molecular flexibility index (Phi) is 4.67. The van der Waals surface area contributed by atoms with Crippen molar-refractivity contribution in [1.82, 2.24) is 24.9 Å². The summed E-state index contributed by atoms with van der Waals surface area (Å²) in [7, 11) is 0. The van der Waals surface area contributed by atoms with Gasteiger partial charge in [0.1, 0.15) is 0 Å². The SMILES string of the molecule is CC(C)n1nc(-c2nnc(C3CCN(C4CCCC4)CC3)o2)c2ccccc21. The molecular weight excluding hydrogens is 350 g/mol. The minimum Gasteiger partial charge on any atom is -0.419 e. The van der Waals surface area contributed by atoms with Crippen LogP contribution in [0.25, 0.3) is 22.5 Å². The molecule has 5 rings (SSSR count). The zero-order valence-electron chi connectivity index (χ0n) is 16.8. The monoisotopic (exact) mass is 379 g/mol. The molecule has 2 aliphatic rings. The zero-order chi connectivity index (χ0) is 19.1. The van der Waals surface area contributed by atoms with Gasteiger partial charge in [0.15, 0.2) is 5.69 Å². The molecule has 3 aromatic rings. The highest BCUT2D eigenvalue weighted by atomic mass is 16.4. The van der Waals surface area contributed by atoms with E-state index in [1.165, 1.54) is 25.7 Å². The molecule has 0 bridgehead atoms. The van der Waals surface area contributed by atoms with Crippen LogP contribution in [0.5, 0.6) is 0 Å². The zero-order valence-corrected chi connectivity index (χ0v) is 16.8. The van der Waals surface area contributed by atoms with Crippen LogP contribution >= 0.6 is 0 Å². The summed E-state index contributed by atoms with van der Waals surface area (Å²) in [5, 5.41) is 14.7. The number of aromatic nitrogens is 4. The maximum Gasteiger partial charge on any atom is 0.268 e. The Hall–Kier alpha value is -2.21. The summed E-state index contributed by atoms with van der Waals surface area (Å²) in [6.45, 7) is 6.58. The molecule has 1 saturated heterocycles. The highest BCUT2D eigenvalue weighted by molar-refractivity contribution is 5.91. The van der Waals surface area contributed by atoms with Gasteiger partial charge in [-0.2, -0.15) is 5.10 Å². The van der Waals surface area contributed by atoms with E-state index in [0.29, 0.717) is 11.8 Å². The fourth-order valence-corrected chi connectivity index (χ4v) is 4.92. The molecule has 1 aromatic carbocycles. The topological polar surface area (TPSA) is 60.0 Å². The van der Waals surface area contributed by atoms with Gasteiger partial charge >= 0.3 is 0 Å². The molecule has 0 atom stereocenters. The average Bonchev–Trinajstić information content (AvgIpc) is 3.46. The predicted octanol–water partition coefficient (Wildman–Crippen LogP) is 4.79.